The standard InChI is InChI=1S/C18H23N3O4S2/c1-4-25-18(24)19-13(22)9-26-17-20-15-14(10(2)11(3)27-15)16(23)21(17)12-7-5-6-8-12/h12H,4-9H2,1-3H3,(H,19,22,24). The normalized spacial score (nSPS) is 14.6. The molecule has 2 heterocycles. The second kappa shape index (κ2) is 8.43. The van der Waals surface area contributed by atoms with Gasteiger partial charge in [-0.3, -0.25) is 19.5 Å². The highest BCUT2D eigenvalue weighted by Crippen LogP contribution is 2.34. The fourth-order valence-electron chi connectivity index (χ4n) is 3.32. The fourth-order valence-corrected chi connectivity index (χ4v) is 5.26. The Morgan fingerprint density at radius 1 is 1.33 bits per heavy atom. The Labute approximate surface area is 165 Å². The molecule has 0 unspecified atom stereocenters. The number of thiophene rings is 1. The molecule has 0 spiro atoms. The summed E-state index contributed by atoms with van der Waals surface area (Å²) in [6.07, 6.45) is 3.30. The molecule has 9 heteroatoms. The Kier molecular flexibility index (Phi) is 6.21. The van der Waals surface area contributed by atoms with Crippen molar-refractivity contribution in [1.29, 1.82) is 0 Å². The van der Waals surface area contributed by atoms with Crippen LogP contribution in [-0.4, -0.2) is 33.9 Å². The summed E-state index contributed by atoms with van der Waals surface area (Å²) in [5, 5.41) is 3.40. The molecule has 0 bridgehead atoms. The van der Waals surface area contributed by atoms with Crippen LogP contribution in [0.3, 0.4) is 0 Å². The quantitative estimate of drug-likeness (QED) is 0.600. The zero-order valence-electron chi connectivity index (χ0n) is 15.7. The first-order valence-electron chi connectivity index (χ1n) is 9.04. The molecule has 27 heavy (non-hydrogen) atoms. The average molecular weight is 410 g/mol. The number of carbonyl (C=O) groups is 2. The number of rotatable bonds is 5. The lowest BCUT2D eigenvalue weighted by Crippen LogP contribution is -2.33. The summed E-state index contributed by atoms with van der Waals surface area (Å²) in [6, 6.07) is 0.115. The highest BCUT2D eigenvalue weighted by molar-refractivity contribution is 7.99. The largest absolute Gasteiger partial charge is 0.450 e. The van der Waals surface area contributed by atoms with Gasteiger partial charge in [0, 0.05) is 10.9 Å². The number of hydrogen-bond acceptors (Lipinski definition) is 7. The number of nitrogens with zero attached hydrogens (tertiary/aromatic N) is 2. The van der Waals surface area contributed by atoms with E-state index in [1.165, 1.54) is 23.1 Å². The number of aryl methyl sites for hydroxylation is 2. The molecule has 1 fully saturated rings. The predicted molar refractivity (Wildman–Crippen MR) is 107 cm³/mol. The summed E-state index contributed by atoms with van der Waals surface area (Å²) in [7, 11) is 0. The third kappa shape index (κ3) is 4.19. The van der Waals surface area contributed by atoms with Crippen molar-refractivity contribution in [2.24, 2.45) is 0 Å². The second-order valence-corrected chi connectivity index (χ2v) is 8.67. The van der Waals surface area contributed by atoms with Crippen molar-refractivity contribution < 1.29 is 14.3 Å². The van der Waals surface area contributed by atoms with E-state index in [0.29, 0.717) is 15.4 Å². The van der Waals surface area contributed by atoms with Crippen LogP contribution >= 0.6 is 23.1 Å². The van der Waals surface area contributed by atoms with Gasteiger partial charge in [0.05, 0.1) is 17.7 Å². The van der Waals surface area contributed by atoms with Gasteiger partial charge in [-0.15, -0.1) is 11.3 Å². The highest BCUT2D eigenvalue weighted by Gasteiger charge is 2.25. The van der Waals surface area contributed by atoms with E-state index >= 15 is 0 Å². The summed E-state index contributed by atoms with van der Waals surface area (Å²) in [5.41, 5.74) is 0.956. The Bertz CT molecular complexity index is 929. The lowest BCUT2D eigenvalue weighted by atomic mass is 10.2. The maximum Gasteiger partial charge on any atom is 0.413 e. The van der Waals surface area contributed by atoms with Crippen LogP contribution in [0.5, 0.6) is 0 Å². The number of aromatic nitrogens is 2. The second-order valence-electron chi connectivity index (χ2n) is 6.53. The van der Waals surface area contributed by atoms with Gasteiger partial charge >= 0.3 is 6.09 Å². The van der Waals surface area contributed by atoms with Crippen LogP contribution in [0, 0.1) is 13.8 Å². The van der Waals surface area contributed by atoms with Gasteiger partial charge in [-0.25, -0.2) is 9.78 Å². The van der Waals surface area contributed by atoms with Crippen LogP contribution in [0.15, 0.2) is 9.95 Å². The van der Waals surface area contributed by atoms with Crippen molar-refractivity contribution >= 4 is 45.3 Å². The topological polar surface area (TPSA) is 90.3 Å². The van der Waals surface area contributed by atoms with Gasteiger partial charge < -0.3 is 4.74 Å². The van der Waals surface area contributed by atoms with Gasteiger partial charge in [0.15, 0.2) is 5.16 Å². The third-order valence-electron chi connectivity index (χ3n) is 4.74. The number of imide groups is 1. The lowest BCUT2D eigenvalue weighted by Gasteiger charge is -2.17. The Balaban J connectivity index is 1.91. The van der Waals surface area contributed by atoms with Crippen LogP contribution in [0.1, 0.15) is 49.1 Å². The number of ether oxygens (including phenoxy) is 1. The smallest absolute Gasteiger partial charge is 0.413 e. The number of carbonyl (C=O) groups excluding carboxylic acids is 2. The molecule has 146 valence electrons. The van der Waals surface area contributed by atoms with E-state index in [1.54, 1.807) is 11.5 Å². The van der Waals surface area contributed by atoms with Crippen molar-refractivity contribution in [3.63, 3.8) is 0 Å². The minimum absolute atomic E-state index is 0.00712. The van der Waals surface area contributed by atoms with Crippen LogP contribution in [-0.2, 0) is 9.53 Å². The fraction of sp³-hybridized carbons (Fsp3) is 0.556. The van der Waals surface area contributed by atoms with Gasteiger partial charge in [0.25, 0.3) is 5.56 Å². The van der Waals surface area contributed by atoms with E-state index in [4.69, 9.17) is 9.72 Å². The first-order valence-corrected chi connectivity index (χ1v) is 10.8. The maximum absolute atomic E-state index is 13.2. The molecular formula is C18H23N3O4S2. The molecule has 0 atom stereocenters. The molecule has 2 aromatic heterocycles. The average Bonchev–Trinajstić information content (AvgIpc) is 3.22. The van der Waals surface area contributed by atoms with Crippen molar-refractivity contribution in [3.8, 4) is 0 Å². The van der Waals surface area contributed by atoms with E-state index in [0.717, 1.165) is 36.1 Å². The molecular weight excluding hydrogens is 386 g/mol. The molecule has 0 aromatic carbocycles. The Hall–Kier alpha value is -1.87. The molecule has 0 aliphatic heterocycles. The van der Waals surface area contributed by atoms with Crippen molar-refractivity contribution in [3.05, 3.63) is 20.8 Å². The van der Waals surface area contributed by atoms with Crippen LogP contribution in [0.4, 0.5) is 4.79 Å². The molecule has 0 radical (unpaired) electrons. The summed E-state index contributed by atoms with van der Waals surface area (Å²) < 4.78 is 6.47. The summed E-state index contributed by atoms with van der Waals surface area (Å²) in [4.78, 5) is 43.1. The minimum Gasteiger partial charge on any atom is -0.450 e. The first kappa shape index (κ1) is 19.9. The molecule has 2 aromatic rings. The van der Waals surface area contributed by atoms with E-state index in [1.807, 2.05) is 13.8 Å². The van der Waals surface area contributed by atoms with Gasteiger partial charge in [-0.1, -0.05) is 24.6 Å². The van der Waals surface area contributed by atoms with Gasteiger partial charge in [-0.05, 0) is 39.2 Å². The molecule has 1 N–H and O–H groups in total. The van der Waals surface area contributed by atoms with E-state index in [2.05, 4.69) is 5.32 Å². The monoisotopic (exact) mass is 409 g/mol. The van der Waals surface area contributed by atoms with E-state index in [-0.39, 0.29) is 24.0 Å². The molecule has 7 nitrogen and oxygen atoms in total. The number of thioether (sulfide) groups is 1. The van der Waals surface area contributed by atoms with Crippen molar-refractivity contribution in [2.45, 2.75) is 57.7 Å². The van der Waals surface area contributed by atoms with Gasteiger partial charge in [0.2, 0.25) is 5.91 Å². The third-order valence-corrected chi connectivity index (χ3v) is 6.80. The molecule has 2 amide bonds. The number of alkyl carbamates (subject to hydrolysis) is 1. The molecule has 1 aliphatic rings. The molecule has 3 rings (SSSR count). The van der Waals surface area contributed by atoms with Crippen molar-refractivity contribution in [1.82, 2.24) is 14.9 Å². The van der Waals surface area contributed by atoms with Gasteiger partial charge in [0.1, 0.15) is 4.83 Å². The number of hydrogen-bond donors (Lipinski definition) is 1. The zero-order valence-corrected chi connectivity index (χ0v) is 17.3. The van der Waals surface area contributed by atoms with Crippen molar-refractivity contribution in [2.75, 3.05) is 12.4 Å². The van der Waals surface area contributed by atoms with E-state index in [9.17, 15) is 14.4 Å². The van der Waals surface area contributed by atoms with Crippen LogP contribution in [0.2, 0.25) is 0 Å². The summed E-state index contributed by atoms with van der Waals surface area (Å²) in [6.45, 7) is 5.81. The highest BCUT2D eigenvalue weighted by atomic mass is 32.2. The molecule has 1 aliphatic carbocycles. The predicted octanol–water partition coefficient (Wildman–Crippen LogP) is 3.55. The maximum atomic E-state index is 13.2. The minimum atomic E-state index is -0.760. The molecule has 1 saturated carbocycles. The summed E-state index contributed by atoms with van der Waals surface area (Å²) in [5.74, 6) is -0.475. The first-order chi connectivity index (χ1) is 12.9. The summed E-state index contributed by atoms with van der Waals surface area (Å²) >= 11 is 2.68. The Morgan fingerprint density at radius 3 is 2.70 bits per heavy atom. The van der Waals surface area contributed by atoms with Gasteiger partial charge in [-0.2, -0.15) is 0 Å². The Morgan fingerprint density at radius 2 is 2.04 bits per heavy atom. The lowest BCUT2D eigenvalue weighted by molar-refractivity contribution is -0.117. The molecule has 0 saturated heterocycles. The van der Waals surface area contributed by atoms with Crippen LogP contribution < -0.4 is 10.9 Å². The zero-order chi connectivity index (χ0) is 19.6. The van der Waals surface area contributed by atoms with Crippen LogP contribution in [0.25, 0.3) is 10.2 Å². The number of amides is 2. The van der Waals surface area contributed by atoms with E-state index < -0.39 is 12.0 Å². The number of fused-ring (bicyclic) bond motifs is 1. The SMILES string of the molecule is CCOC(=O)NC(=O)CSc1nc2sc(C)c(C)c2c(=O)n1C1CCCC1. The number of nitrogens with one attached hydrogen (secondary N) is 1.